The van der Waals surface area contributed by atoms with Crippen LogP contribution in [-0.4, -0.2) is 42.2 Å². The van der Waals surface area contributed by atoms with Crippen LogP contribution in [0.1, 0.15) is 44.3 Å². The average Bonchev–Trinajstić information content (AvgIpc) is 2.59. The lowest BCUT2D eigenvalue weighted by molar-refractivity contribution is -0.133. The molecule has 5 heteroatoms. The first-order valence-electron chi connectivity index (χ1n) is 8.41. The van der Waals surface area contributed by atoms with Crippen molar-refractivity contribution in [3.8, 4) is 0 Å². The second kappa shape index (κ2) is 8.99. The van der Waals surface area contributed by atoms with E-state index in [1.807, 2.05) is 11.8 Å². The molecule has 0 aliphatic carbocycles. The number of benzene rings is 1. The summed E-state index contributed by atoms with van der Waals surface area (Å²) in [6.07, 6.45) is 2.23. The van der Waals surface area contributed by atoms with Gasteiger partial charge in [0, 0.05) is 32.7 Å². The van der Waals surface area contributed by atoms with Gasteiger partial charge in [-0.15, -0.1) is 0 Å². The lowest BCUT2D eigenvalue weighted by Gasteiger charge is -2.34. The second-order valence-corrected chi connectivity index (χ2v) is 6.02. The number of carbonyl (C=O) groups is 1. The first-order chi connectivity index (χ1) is 11.1. The summed E-state index contributed by atoms with van der Waals surface area (Å²) in [6, 6.07) is 6.00. The molecule has 0 bridgehead atoms. The average molecular weight is 323 g/mol. The maximum Gasteiger partial charge on any atom is 0.222 e. The molecule has 23 heavy (non-hydrogen) atoms. The molecule has 1 aliphatic rings. The zero-order valence-corrected chi connectivity index (χ0v) is 13.7. The quantitative estimate of drug-likeness (QED) is 0.785. The SMILES string of the molecule is CCOCCCC(=O)N1CCC([C@@H](O)c2ccc(F)cc2)CC1. The van der Waals surface area contributed by atoms with Gasteiger partial charge in [0.05, 0.1) is 6.10 Å². The standard InChI is InChI=1S/C18H26FNO3/c1-2-23-13-3-4-17(21)20-11-9-15(10-12-20)18(22)14-5-7-16(19)8-6-14/h5-8,15,18,22H,2-4,9-13H2,1H3/t18-/m0/s1. The van der Waals surface area contributed by atoms with Crippen LogP contribution in [0.5, 0.6) is 0 Å². The molecule has 1 N–H and O–H groups in total. The van der Waals surface area contributed by atoms with E-state index in [0.29, 0.717) is 32.7 Å². The fraction of sp³-hybridized carbons (Fsp3) is 0.611. The largest absolute Gasteiger partial charge is 0.388 e. The van der Waals surface area contributed by atoms with Crippen LogP contribution >= 0.6 is 0 Å². The highest BCUT2D eigenvalue weighted by Gasteiger charge is 2.28. The van der Waals surface area contributed by atoms with Crippen LogP contribution in [0.3, 0.4) is 0 Å². The number of carbonyl (C=O) groups excluding carboxylic acids is 1. The maximum atomic E-state index is 12.9. The number of hydrogen-bond donors (Lipinski definition) is 1. The molecule has 1 fully saturated rings. The summed E-state index contributed by atoms with van der Waals surface area (Å²) < 4.78 is 18.2. The Morgan fingerprint density at radius 1 is 1.35 bits per heavy atom. The third-order valence-electron chi connectivity index (χ3n) is 4.43. The lowest BCUT2D eigenvalue weighted by Crippen LogP contribution is -2.39. The highest BCUT2D eigenvalue weighted by molar-refractivity contribution is 5.76. The highest BCUT2D eigenvalue weighted by atomic mass is 19.1. The lowest BCUT2D eigenvalue weighted by atomic mass is 9.87. The number of ether oxygens (including phenoxy) is 1. The van der Waals surface area contributed by atoms with Gasteiger partial charge in [0.15, 0.2) is 0 Å². The minimum Gasteiger partial charge on any atom is -0.388 e. The highest BCUT2D eigenvalue weighted by Crippen LogP contribution is 2.31. The van der Waals surface area contributed by atoms with Crippen molar-refractivity contribution in [2.24, 2.45) is 5.92 Å². The summed E-state index contributed by atoms with van der Waals surface area (Å²) >= 11 is 0. The number of halogens is 1. The van der Waals surface area contributed by atoms with E-state index in [1.165, 1.54) is 12.1 Å². The molecule has 0 saturated carbocycles. The molecular formula is C18H26FNO3. The summed E-state index contributed by atoms with van der Waals surface area (Å²) in [7, 11) is 0. The van der Waals surface area contributed by atoms with Gasteiger partial charge in [-0.3, -0.25) is 4.79 Å². The molecule has 1 atom stereocenters. The van der Waals surface area contributed by atoms with Crippen LogP contribution < -0.4 is 0 Å². The molecule has 1 saturated heterocycles. The van der Waals surface area contributed by atoms with E-state index in [2.05, 4.69) is 0 Å². The monoisotopic (exact) mass is 323 g/mol. The third-order valence-corrected chi connectivity index (χ3v) is 4.43. The molecule has 1 aliphatic heterocycles. The van der Waals surface area contributed by atoms with Gasteiger partial charge in [0.25, 0.3) is 0 Å². The molecule has 0 aromatic heterocycles. The molecule has 128 valence electrons. The first kappa shape index (κ1) is 17.9. The van der Waals surface area contributed by atoms with Crippen molar-refractivity contribution in [2.45, 2.75) is 38.7 Å². The van der Waals surface area contributed by atoms with Crippen molar-refractivity contribution in [1.82, 2.24) is 4.90 Å². The number of amides is 1. The van der Waals surface area contributed by atoms with Gasteiger partial charge in [0.1, 0.15) is 5.82 Å². The Labute approximate surface area is 137 Å². The molecule has 1 aromatic rings. The van der Waals surface area contributed by atoms with E-state index in [1.54, 1.807) is 12.1 Å². The third kappa shape index (κ3) is 5.29. The smallest absolute Gasteiger partial charge is 0.222 e. The Hall–Kier alpha value is -1.46. The predicted octanol–water partition coefficient (Wildman–Crippen LogP) is 2.91. The van der Waals surface area contributed by atoms with Crippen LogP contribution in [0.25, 0.3) is 0 Å². The summed E-state index contributed by atoms with van der Waals surface area (Å²) in [5.74, 6) is -0.0132. The van der Waals surface area contributed by atoms with Gasteiger partial charge in [-0.25, -0.2) is 4.39 Å². The van der Waals surface area contributed by atoms with E-state index in [0.717, 1.165) is 24.8 Å². The first-order valence-corrected chi connectivity index (χ1v) is 8.41. The number of aliphatic hydroxyl groups is 1. The topological polar surface area (TPSA) is 49.8 Å². The Balaban J connectivity index is 1.76. The molecule has 0 radical (unpaired) electrons. The maximum absolute atomic E-state index is 12.9. The van der Waals surface area contributed by atoms with Crippen LogP contribution in [0.15, 0.2) is 24.3 Å². The minimum absolute atomic E-state index is 0.118. The van der Waals surface area contributed by atoms with Crippen molar-refractivity contribution >= 4 is 5.91 Å². The number of likely N-dealkylation sites (tertiary alicyclic amines) is 1. The number of rotatable bonds is 7. The zero-order valence-electron chi connectivity index (χ0n) is 13.7. The van der Waals surface area contributed by atoms with Gasteiger partial charge in [-0.2, -0.15) is 0 Å². The van der Waals surface area contributed by atoms with Crippen LogP contribution in [0.2, 0.25) is 0 Å². The Morgan fingerprint density at radius 3 is 2.61 bits per heavy atom. The summed E-state index contributed by atoms with van der Waals surface area (Å²) in [6.45, 7) is 4.61. The second-order valence-electron chi connectivity index (χ2n) is 6.02. The number of nitrogens with zero attached hydrogens (tertiary/aromatic N) is 1. The van der Waals surface area contributed by atoms with E-state index < -0.39 is 6.10 Å². The van der Waals surface area contributed by atoms with Gasteiger partial charge in [0.2, 0.25) is 5.91 Å². The van der Waals surface area contributed by atoms with Gasteiger partial charge in [-0.05, 0) is 49.8 Å². The fourth-order valence-corrected chi connectivity index (χ4v) is 3.02. The Kier molecular flexibility index (Phi) is 6.99. The Morgan fingerprint density at radius 2 is 2.00 bits per heavy atom. The van der Waals surface area contributed by atoms with Crippen molar-refractivity contribution in [3.63, 3.8) is 0 Å². The van der Waals surface area contributed by atoms with Crippen molar-refractivity contribution in [3.05, 3.63) is 35.6 Å². The molecular weight excluding hydrogens is 297 g/mol. The summed E-state index contributed by atoms with van der Waals surface area (Å²) in [5, 5.41) is 10.4. The number of hydrogen-bond acceptors (Lipinski definition) is 3. The molecule has 1 heterocycles. The van der Waals surface area contributed by atoms with Crippen molar-refractivity contribution in [2.75, 3.05) is 26.3 Å². The fourth-order valence-electron chi connectivity index (χ4n) is 3.02. The van der Waals surface area contributed by atoms with Crippen LogP contribution in [0, 0.1) is 11.7 Å². The van der Waals surface area contributed by atoms with Crippen molar-refractivity contribution in [1.29, 1.82) is 0 Å². The van der Waals surface area contributed by atoms with Gasteiger partial charge in [-0.1, -0.05) is 12.1 Å². The predicted molar refractivity (Wildman–Crippen MR) is 86.4 cm³/mol. The minimum atomic E-state index is -0.592. The normalized spacial score (nSPS) is 17.3. The number of piperidine rings is 1. The van der Waals surface area contributed by atoms with E-state index in [-0.39, 0.29) is 17.6 Å². The Bertz CT molecular complexity index is 484. The van der Waals surface area contributed by atoms with E-state index in [4.69, 9.17) is 4.74 Å². The van der Waals surface area contributed by atoms with Crippen LogP contribution in [-0.2, 0) is 9.53 Å². The number of aliphatic hydroxyl groups excluding tert-OH is 1. The summed E-state index contributed by atoms with van der Waals surface area (Å²) in [5.41, 5.74) is 0.743. The molecule has 0 unspecified atom stereocenters. The van der Waals surface area contributed by atoms with Crippen molar-refractivity contribution < 1.29 is 19.0 Å². The van der Waals surface area contributed by atoms with E-state index in [9.17, 15) is 14.3 Å². The zero-order chi connectivity index (χ0) is 16.7. The van der Waals surface area contributed by atoms with Gasteiger partial charge < -0.3 is 14.7 Å². The van der Waals surface area contributed by atoms with Gasteiger partial charge >= 0.3 is 0 Å². The molecule has 0 spiro atoms. The molecule has 4 nitrogen and oxygen atoms in total. The summed E-state index contributed by atoms with van der Waals surface area (Å²) in [4.78, 5) is 14.0. The molecule has 2 rings (SSSR count). The molecule has 1 aromatic carbocycles. The van der Waals surface area contributed by atoms with Crippen LogP contribution in [0.4, 0.5) is 4.39 Å². The van der Waals surface area contributed by atoms with E-state index >= 15 is 0 Å². The molecule has 1 amide bonds.